The molecule has 1 saturated carbocycles. The first-order valence-electron chi connectivity index (χ1n) is 6.27. The van der Waals surface area contributed by atoms with Crippen LogP contribution in [-0.2, 0) is 4.79 Å². The number of hydrogen-bond donors (Lipinski definition) is 3. The molecule has 2 rings (SSSR count). The second-order valence-corrected chi connectivity index (χ2v) is 5.88. The molecule has 5 nitrogen and oxygen atoms in total. The number of carbonyl (C=O) groups excluding carboxylic acids is 1. The largest absolute Gasteiger partial charge is 0.481 e. The minimum absolute atomic E-state index is 0.0168. The SMILES string of the molecule is O=C(O)CC1(NC(=O)Nc2cc(Br)c(F)cc2F)CCC1. The lowest BCUT2D eigenvalue weighted by molar-refractivity contribution is -0.139. The summed E-state index contributed by atoms with van der Waals surface area (Å²) in [6.07, 6.45) is 1.75. The maximum absolute atomic E-state index is 13.5. The third kappa shape index (κ3) is 3.69. The van der Waals surface area contributed by atoms with Crippen molar-refractivity contribution >= 4 is 33.6 Å². The predicted octanol–water partition coefficient (Wildman–Crippen LogP) is 3.25. The van der Waals surface area contributed by atoms with Crippen LogP contribution < -0.4 is 10.6 Å². The molecule has 1 aliphatic carbocycles. The molecular weight excluding hydrogens is 350 g/mol. The maximum Gasteiger partial charge on any atom is 0.319 e. The number of halogens is 3. The molecule has 2 amide bonds. The molecular formula is C13H13BrF2N2O3. The van der Waals surface area contributed by atoms with E-state index in [0.29, 0.717) is 18.9 Å². The summed E-state index contributed by atoms with van der Waals surface area (Å²) in [7, 11) is 0. The molecule has 1 fully saturated rings. The van der Waals surface area contributed by atoms with Crippen LogP contribution in [0.15, 0.2) is 16.6 Å². The number of anilines is 1. The first kappa shape index (κ1) is 15.7. The highest BCUT2D eigenvalue weighted by Gasteiger charge is 2.40. The van der Waals surface area contributed by atoms with E-state index in [1.165, 1.54) is 0 Å². The topological polar surface area (TPSA) is 78.4 Å². The van der Waals surface area contributed by atoms with Gasteiger partial charge in [0.25, 0.3) is 0 Å². The summed E-state index contributed by atoms with van der Waals surface area (Å²) in [5, 5.41) is 13.7. The Hall–Kier alpha value is -1.70. The number of nitrogens with one attached hydrogen (secondary N) is 2. The summed E-state index contributed by atoms with van der Waals surface area (Å²) >= 11 is 2.90. The van der Waals surface area contributed by atoms with Gasteiger partial charge in [-0.1, -0.05) is 0 Å². The van der Waals surface area contributed by atoms with Crippen molar-refractivity contribution in [3.63, 3.8) is 0 Å². The number of hydrogen-bond acceptors (Lipinski definition) is 2. The van der Waals surface area contributed by atoms with Crippen LogP contribution in [-0.4, -0.2) is 22.6 Å². The Bertz CT molecular complexity index is 591. The number of amides is 2. The van der Waals surface area contributed by atoms with Gasteiger partial charge in [0, 0.05) is 6.07 Å². The molecule has 1 aromatic rings. The lowest BCUT2D eigenvalue weighted by atomic mass is 9.74. The maximum atomic E-state index is 13.5. The van der Waals surface area contributed by atoms with Crippen LogP contribution in [0.5, 0.6) is 0 Å². The lowest BCUT2D eigenvalue weighted by Crippen LogP contribution is -2.55. The average Bonchev–Trinajstić information content (AvgIpc) is 2.32. The quantitative estimate of drug-likeness (QED) is 0.719. The van der Waals surface area contributed by atoms with Crippen molar-refractivity contribution in [2.45, 2.75) is 31.2 Å². The zero-order chi connectivity index (χ0) is 15.6. The molecule has 0 aromatic heterocycles. The van der Waals surface area contributed by atoms with E-state index >= 15 is 0 Å². The van der Waals surface area contributed by atoms with Crippen molar-refractivity contribution in [2.24, 2.45) is 0 Å². The Balaban J connectivity index is 2.05. The van der Waals surface area contributed by atoms with Gasteiger partial charge in [-0.25, -0.2) is 13.6 Å². The van der Waals surface area contributed by atoms with Crippen LogP contribution in [0.3, 0.4) is 0 Å². The van der Waals surface area contributed by atoms with Crippen LogP contribution >= 0.6 is 15.9 Å². The number of carboxylic acid groups (broad SMARTS) is 1. The molecule has 8 heteroatoms. The van der Waals surface area contributed by atoms with E-state index < -0.39 is 29.2 Å². The van der Waals surface area contributed by atoms with Crippen LogP contribution in [0, 0.1) is 11.6 Å². The Kier molecular flexibility index (Phi) is 4.46. The standard InChI is InChI=1S/C13H13BrF2N2O3/c14-7-4-10(9(16)5-8(7)15)17-12(21)18-13(2-1-3-13)6-11(19)20/h4-5H,1-3,6H2,(H,19,20)(H2,17,18,21). The Morgan fingerprint density at radius 2 is 1.95 bits per heavy atom. The van der Waals surface area contributed by atoms with Gasteiger partial charge >= 0.3 is 12.0 Å². The average molecular weight is 363 g/mol. The number of urea groups is 1. The highest BCUT2D eigenvalue weighted by Crippen LogP contribution is 2.35. The van der Waals surface area contributed by atoms with Crippen molar-refractivity contribution in [3.8, 4) is 0 Å². The second kappa shape index (κ2) is 5.97. The lowest BCUT2D eigenvalue weighted by Gasteiger charge is -2.41. The zero-order valence-corrected chi connectivity index (χ0v) is 12.5. The van der Waals surface area contributed by atoms with E-state index in [1.54, 1.807) is 0 Å². The van der Waals surface area contributed by atoms with Crippen LogP contribution in [0.25, 0.3) is 0 Å². The molecule has 3 N–H and O–H groups in total. The van der Waals surface area contributed by atoms with Crippen molar-refractivity contribution in [1.29, 1.82) is 0 Å². The fourth-order valence-electron chi connectivity index (χ4n) is 2.25. The second-order valence-electron chi connectivity index (χ2n) is 5.03. The van der Waals surface area contributed by atoms with E-state index in [1.807, 2.05) is 0 Å². The van der Waals surface area contributed by atoms with Crippen LogP contribution in [0.2, 0.25) is 0 Å². The molecule has 0 heterocycles. The van der Waals surface area contributed by atoms with E-state index in [9.17, 15) is 18.4 Å². The summed E-state index contributed by atoms with van der Waals surface area (Å²) in [6, 6.07) is 1.04. The summed E-state index contributed by atoms with van der Waals surface area (Å²) in [5.74, 6) is -2.70. The number of aliphatic carboxylic acids is 1. The van der Waals surface area contributed by atoms with Gasteiger partial charge in [-0.05, 0) is 41.3 Å². The van der Waals surface area contributed by atoms with E-state index in [-0.39, 0.29) is 16.6 Å². The normalized spacial score (nSPS) is 16.0. The molecule has 0 atom stereocenters. The van der Waals surface area contributed by atoms with E-state index in [2.05, 4.69) is 26.6 Å². The molecule has 0 bridgehead atoms. The fraction of sp³-hybridized carbons (Fsp3) is 0.385. The monoisotopic (exact) mass is 362 g/mol. The Labute approximate surface area is 127 Å². The number of benzene rings is 1. The molecule has 1 aliphatic rings. The Morgan fingerprint density at radius 3 is 2.48 bits per heavy atom. The third-order valence-corrected chi connectivity index (χ3v) is 4.04. The molecule has 1 aromatic carbocycles. The predicted molar refractivity (Wildman–Crippen MR) is 75.0 cm³/mol. The Morgan fingerprint density at radius 1 is 1.29 bits per heavy atom. The minimum Gasteiger partial charge on any atom is -0.481 e. The molecule has 0 unspecified atom stereocenters. The van der Waals surface area contributed by atoms with Gasteiger partial charge in [0.05, 0.1) is 22.1 Å². The molecule has 114 valence electrons. The van der Waals surface area contributed by atoms with Crippen LogP contribution in [0.1, 0.15) is 25.7 Å². The highest BCUT2D eigenvalue weighted by molar-refractivity contribution is 9.10. The van der Waals surface area contributed by atoms with Gasteiger partial charge in [0.1, 0.15) is 11.6 Å². The molecule has 0 radical (unpaired) electrons. The van der Waals surface area contributed by atoms with Crippen molar-refractivity contribution in [3.05, 3.63) is 28.2 Å². The fourth-order valence-corrected chi connectivity index (χ4v) is 2.60. The minimum atomic E-state index is -1.01. The van der Waals surface area contributed by atoms with Crippen molar-refractivity contribution < 1.29 is 23.5 Å². The van der Waals surface area contributed by atoms with E-state index in [4.69, 9.17) is 5.11 Å². The van der Waals surface area contributed by atoms with Crippen LogP contribution in [0.4, 0.5) is 19.3 Å². The summed E-state index contributed by atoms with van der Waals surface area (Å²) < 4.78 is 26.6. The smallest absolute Gasteiger partial charge is 0.319 e. The van der Waals surface area contributed by atoms with E-state index in [0.717, 1.165) is 12.5 Å². The first-order chi connectivity index (χ1) is 9.81. The van der Waals surface area contributed by atoms with Gasteiger partial charge in [-0.3, -0.25) is 4.79 Å². The molecule has 21 heavy (non-hydrogen) atoms. The van der Waals surface area contributed by atoms with Gasteiger partial charge < -0.3 is 15.7 Å². The van der Waals surface area contributed by atoms with Gasteiger partial charge in [-0.15, -0.1) is 0 Å². The number of carboxylic acids is 1. The zero-order valence-electron chi connectivity index (χ0n) is 10.9. The molecule has 0 spiro atoms. The van der Waals surface area contributed by atoms with Gasteiger partial charge in [-0.2, -0.15) is 0 Å². The summed E-state index contributed by atoms with van der Waals surface area (Å²) in [4.78, 5) is 22.7. The third-order valence-electron chi connectivity index (χ3n) is 3.44. The summed E-state index contributed by atoms with van der Waals surface area (Å²) in [6.45, 7) is 0. The molecule has 0 aliphatic heterocycles. The van der Waals surface area contributed by atoms with Gasteiger partial charge in [0.15, 0.2) is 0 Å². The van der Waals surface area contributed by atoms with Crippen molar-refractivity contribution in [1.82, 2.24) is 5.32 Å². The number of rotatable bonds is 4. The van der Waals surface area contributed by atoms with Crippen molar-refractivity contribution in [2.75, 3.05) is 5.32 Å². The summed E-state index contributed by atoms with van der Waals surface area (Å²) in [5.41, 5.74) is -0.977. The highest BCUT2D eigenvalue weighted by atomic mass is 79.9. The van der Waals surface area contributed by atoms with Gasteiger partial charge in [0.2, 0.25) is 0 Å². The molecule has 0 saturated heterocycles. The first-order valence-corrected chi connectivity index (χ1v) is 7.06. The number of carbonyl (C=O) groups is 2.